The van der Waals surface area contributed by atoms with E-state index in [0.29, 0.717) is 44.0 Å². The molecule has 55 heavy (non-hydrogen) atoms. The molecule has 0 aliphatic carbocycles. The van der Waals surface area contributed by atoms with Crippen LogP contribution in [0.3, 0.4) is 0 Å². The van der Waals surface area contributed by atoms with Gasteiger partial charge in [-0.1, -0.05) is 176 Å². The van der Waals surface area contributed by atoms with E-state index < -0.39 is 0 Å². The summed E-state index contributed by atoms with van der Waals surface area (Å²) in [4.78, 5) is 27.4. The van der Waals surface area contributed by atoms with Crippen molar-refractivity contribution in [3.8, 4) is 0 Å². The number of nitrogens with zero attached hydrogens (tertiary/aromatic N) is 1. The standard InChI is InChI=1S/C49H97NO5/c1-7-12-24-33-45(34-25-13-8-2)43-48(51)54-40-30-22-18-16-17-20-28-37-47(53-42-32-39-50(6)11-5)38-29-21-19-23-31-41-55-49(52)44-46(35-26-14-9-3)36-27-15-10-4/h45-47H,7-44H2,1-6H3. The van der Waals surface area contributed by atoms with Gasteiger partial charge in [-0.2, -0.15) is 0 Å². The zero-order valence-corrected chi connectivity index (χ0v) is 38.1. The topological polar surface area (TPSA) is 65.1 Å². The van der Waals surface area contributed by atoms with Crippen molar-refractivity contribution in [2.75, 3.05) is 40.0 Å². The molecule has 0 saturated carbocycles. The number of hydrogen-bond donors (Lipinski definition) is 0. The second kappa shape index (κ2) is 42.5. The Bertz CT molecular complexity index is 786. The Balaban J connectivity index is 4.21. The molecule has 0 bridgehead atoms. The van der Waals surface area contributed by atoms with E-state index >= 15 is 0 Å². The van der Waals surface area contributed by atoms with E-state index in [1.165, 1.54) is 161 Å². The number of ether oxygens (including phenoxy) is 3. The molecule has 0 spiro atoms. The third-order valence-electron chi connectivity index (χ3n) is 11.7. The predicted octanol–water partition coefficient (Wildman–Crippen LogP) is 14.6. The zero-order valence-electron chi connectivity index (χ0n) is 38.1. The summed E-state index contributed by atoms with van der Waals surface area (Å²) in [5.41, 5.74) is 0. The maximum absolute atomic E-state index is 12.5. The lowest BCUT2D eigenvalue weighted by molar-refractivity contribution is -0.146. The molecule has 0 saturated heterocycles. The molecule has 6 nitrogen and oxygen atoms in total. The summed E-state index contributed by atoms with van der Waals surface area (Å²) in [7, 11) is 2.19. The molecule has 0 N–H and O–H groups in total. The number of unbranched alkanes of at least 4 members (excludes halogenated alkanes) is 18. The van der Waals surface area contributed by atoms with Crippen molar-refractivity contribution in [2.24, 2.45) is 11.8 Å². The summed E-state index contributed by atoms with van der Waals surface area (Å²) < 4.78 is 17.8. The lowest BCUT2D eigenvalue weighted by atomic mass is 9.92. The smallest absolute Gasteiger partial charge is 0.306 e. The molecular weight excluding hydrogens is 683 g/mol. The first-order chi connectivity index (χ1) is 26.9. The Morgan fingerprint density at radius 2 is 0.764 bits per heavy atom. The largest absolute Gasteiger partial charge is 0.466 e. The minimum absolute atomic E-state index is 0.0236. The average molecular weight is 780 g/mol. The molecule has 0 aromatic rings. The molecule has 0 rings (SSSR count). The van der Waals surface area contributed by atoms with E-state index in [1.807, 2.05) is 0 Å². The zero-order chi connectivity index (χ0) is 40.5. The molecule has 0 aromatic heterocycles. The van der Waals surface area contributed by atoms with Crippen LogP contribution >= 0.6 is 0 Å². The first kappa shape index (κ1) is 53.9. The Labute approximate surface area is 344 Å². The highest BCUT2D eigenvalue weighted by molar-refractivity contribution is 5.70. The third kappa shape index (κ3) is 38.2. The highest BCUT2D eigenvalue weighted by Gasteiger charge is 2.16. The Morgan fingerprint density at radius 1 is 0.418 bits per heavy atom. The summed E-state index contributed by atoms with van der Waals surface area (Å²) in [6.07, 6.45) is 39.0. The van der Waals surface area contributed by atoms with Crippen LogP contribution in [0.15, 0.2) is 0 Å². The lowest BCUT2D eigenvalue weighted by Gasteiger charge is -2.19. The molecule has 1 atom stereocenters. The minimum atomic E-state index is 0.0236. The predicted molar refractivity (Wildman–Crippen MR) is 237 cm³/mol. The second-order valence-corrected chi connectivity index (χ2v) is 17.1. The Morgan fingerprint density at radius 3 is 1.13 bits per heavy atom. The van der Waals surface area contributed by atoms with Crippen LogP contribution in [0, 0.1) is 11.8 Å². The van der Waals surface area contributed by atoms with Crippen LogP contribution in [-0.2, 0) is 23.8 Å². The average Bonchev–Trinajstić information content (AvgIpc) is 3.17. The van der Waals surface area contributed by atoms with Crippen molar-refractivity contribution in [1.29, 1.82) is 0 Å². The van der Waals surface area contributed by atoms with E-state index in [0.717, 1.165) is 58.2 Å². The molecule has 6 heteroatoms. The molecule has 1 unspecified atom stereocenters. The maximum atomic E-state index is 12.5. The van der Waals surface area contributed by atoms with E-state index in [2.05, 4.69) is 46.6 Å². The fourth-order valence-electron chi connectivity index (χ4n) is 7.81. The molecular formula is C49H97NO5. The highest BCUT2D eigenvalue weighted by atomic mass is 16.5. The Hall–Kier alpha value is -1.14. The van der Waals surface area contributed by atoms with Crippen LogP contribution in [0.4, 0.5) is 0 Å². The van der Waals surface area contributed by atoms with Gasteiger partial charge in [-0.25, -0.2) is 0 Å². The Kier molecular flexibility index (Phi) is 41.6. The fraction of sp³-hybridized carbons (Fsp3) is 0.959. The van der Waals surface area contributed by atoms with E-state index in [4.69, 9.17) is 14.2 Å². The lowest BCUT2D eigenvalue weighted by Crippen LogP contribution is -2.21. The van der Waals surface area contributed by atoms with Crippen LogP contribution in [-0.4, -0.2) is 62.9 Å². The van der Waals surface area contributed by atoms with E-state index in [1.54, 1.807) is 0 Å². The van der Waals surface area contributed by atoms with Crippen molar-refractivity contribution < 1.29 is 23.8 Å². The molecule has 0 fully saturated rings. The van der Waals surface area contributed by atoms with Crippen molar-refractivity contribution in [1.82, 2.24) is 4.90 Å². The summed E-state index contributed by atoms with van der Waals surface area (Å²) in [6.45, 7) is 15.4. The first-order valence-corrected chi connectivity index (χ1v) is 24.5. The van der Waals surface area contributed by atoms with Gasteiger partial charge in [-0.15, -0.1) is 0 Å². The van der Waals surface area contributed by atoms with Crippen LogP contribution in [0.25, 0.3) is 0 Å². The van der Waals surface area contributed by atoms with Crippen LogP contribution in [0.5, 0.6) is 0 Å². The van der Waals surface area contributed by atoms with Crippen molar-refractivity contribution >= 4 is 11.9 Å². The molecule has 0 aliphatic rings. The second-order valence-electron chi connectivity index (χ2n) is 17.1. The number of esters is 2. The molecule has 0 aromatic carbocycles. The van der Waals surface area contributed by atoms with E-state index in [9.17, 15) is 9.59 Å². The maximum Gasteiger partial charge on any atom is 0.306 e. The van der Waals surface area contributed by atoms with Gasteiger partial charge in [-0.05, 0) is 83.2 Å². The quantitative estimate of drug-likeness (QED) is 0.0453. The number of rotatable bonds is 44. The van der Waals surface area contributed by atoms with Gasteiger partial charge in [0.2, 0.25) is 0 Å². The molecule has 0 heterocycles. The molecule has 0 radical (unpaired) electrons. The monoisotopic (exact) mass is 780 g/mol. The number of carbonyl (C=O) groups is 2. The normalized spacial score (nSPS) is 12.3. The summed E-state index contributed by atoms with van der Waals surface area (Å²) in [5, 5.41) is 0. The minimum Gasteiger partial charge on any atom is -0.466 e. The van der Waals surface area contributed by atoms with Gasteiger partial charge in [0.25, 0.3) is 0 Å². The first-order valence-electron chi connectivity index (χ1n) is 24.5. The highest BCUT2D eigenvalue weighted by Crippen LogP contribution is 2.23. The fourth-order valence-corrected chi connectivity index (χ4v) is 7.81. The van der Waals surface area contributed by atoms with Gasteiger partial charge in [0, 0.05) is 26.0 Å². The van der Waals surface area contributed by atoms with Gasteiger partial charge >= 0.3 is 11.9 Å². The molecule has 0 amide bonds. The van der Waals surface area contributed by atoms with Gasteiger partial charge in [0.05, 0.1) is 19.3 Å². The number of carbonyl (C=O) groups excluding carboxylic acids is 2. The van der Waals surface area contributed by atoms with Crippen molar-refractivity contribution in [3.63, 3.8) is 0 Å². The van der Waals surface area contributed by atoms with Gasteiger partial charge in [0.15, 0.2) is 0 Å². The van der Waals surface area contributed by atoms with Crippen molar-refractivity contribution in [3.05, 3.63) is 0 Å². The van der Waals surface area contributed by atoms with Gasteiger partial charge in [0.1, 0.15) is 0 Å². The van der Waals surface area contributed by atoms with Crippen molar-refractivity contribution in [2.45, 2.75) is 253 Å². The third-order valence-corrected chi connectivity index (χ3v) is 11.7. The van der Waals surface area contributed by atoms with Gasteiger partial charge < -0.3 is 19.1 Å². The summed E-state index contributed by atoms with van der Waals surface area (Å²) >= 11 is 0. The van der Waals surface area contributed by atoms with E-state index in [-0.39, 0.29) is 11.9 Å². The van der Waals surface area contributed by atoms with Gasteiger partial charge in [-0.3, -0.25) is 9.59 Å². The summed E-state index contributed by atoms with van der Waals surface area (Å²) in [6, 6.07) is 0. The molecule has 0 aliphatic heterocycles. The SMILES string of the molecule is CCCCCC(CCCCC)CC(=O)OCCCCCCCCCC(CCCCCCCOC(=O)CC(CCCCC)CCCCC)OCCCN(C)CC. The van der Waals surface area contributed by atoms with Crippen LogP contribution in [0.2, 0.25) is 0 Å². The molecule has 328 valence electrons. The number of hydrogen-bond acceptors (Lipinski definition) is 6. The van der Waals surface area contributed by atoms with Crippen LogP contribution in [0.1, 0.15) is 247 Å². The van der Waals surface area contributed by atoms with Crippen LogP contribution < -0.4 is 0 Å². The summed E-state index contributed by atoms with van der Waals surface area (Å²) in [5.74, 6) is 1.07.